The molecule has 1 N–H and O–H groups in total. The molecule has 2 aromatic carbocycles. The van der Waals surface area contributed by atoms with Gasteiger partial charge in [0.25, 0.3) is 0 Å². The number of esters is 2. The minimum absolute atomic E-state index is 0.172. The van der Waals surface area contributed by atoms with E-state index in [-0.39, 0.29) is 29.8 Å². The number of hydrogen-bond acceptors (Lipinski definition) is 9. The maximum Gasteiger partial charge on any atom is 0.336 e. The van der Waals surface area contributed by atoms with E-state index >= 15 is 0 Å². The van der Waals surface area contributed by atoms with Crippen LogP contribution in [0.25, 0.3) is 22.3 Å². The second-order valence-electron chi connectivity index (χ2n) is 9.78. The first kappa shape index (κ1) is 31.5. The molecule has 1 aromatic heterocycles. The number of thioether (sulfide) groups is 2. The van der Waals surface area contributed by atoms with Gasteiger partial charge in [-0.3, -0.25) is 4.79 Å². The van der Waals surface area contributed by atoms with Gasteiger partial charge in [0.2, 0.25) is 0 Å². The molecule has 0 unspecified atom stereocenters. The van der Waals surface area contributed by atoms with Crippen molar-refractivity contribution in [2.24, 2.45) is 0 Å². The Kier molecular flexibility index (Phi) is 11.0. The van der Waals surface area contributed by atoms with Crippen molar-refractivity contribution in [2.75, 3.05) is 36.2 Å². The Morgan fingerprint density at radius 1 is 0.833 bits per heavy atom. The smallest absolute Gasteiger partial charge is 0.336 e. The van der Waals surface area contributed by atoms with Crippen LogP contribution in [0.5, 0.6) is 0 Å². The van der Waals surface area contributed by atoms with Gasteiger partial charge in [-0.15, -0.1) is 0 Å². The number of dihydropyridines is 1. The highest BCUT2D eigenvalue weighted by molar-refractivity contribution is 7.99. The molecule has 9 heteroatoms. The first-order valence-electron chi connectivity index (χ1n) is 14.1. The highest BCUT2D eigenvalue weighted by Gasteiger charge is 2.39. The predicted octanol–water partition coefficient (Wildman–Crippen LogP) is 6.60. The summed E-state index contributed by atoms with van der Waals surface area (Å²) in [7, 11) is 0. The summed E-state index contributed by atoms with van der Waals surface area (Å²) in [6.45, 7) is 9.88. The van der Waals surface area contributed by atoms with Crippen molar-refractivity contribution in [3.8, 4) is 11.3 Å². The van der Waals surface area contributed by atoms with Gasteiger partial charge in [0.1, 0.15) is 24.6 Å². The Hall–Kier alpha value is -3.43. The average Bonchev–Trinajstić information content (AvgIpc) is 2.99. The molecule has 7 nitrogen and oxygen atoms in total. The molecule has 0 bridgehead atoms. The van der Waals surface area contributed by atoms with Gasteiger partial charge in [-0.05, 0) is 38.3 Å². The fourth-order valence-corrected chi connectivity index (χ4v) is 6.08. The van der Waals surface area contributed by atoms with Gasteiger partial charge in [0.05, 0.1) is 22.5 Å². The van der Waals surface area contributed by atoms with E-state index in [1.165, 1.54) is 0 Å². The van der Waals surface area contributed by atoms with E-state index in [1.54, 1.807) is 62.5 Å². The van der Waals surface area contributed by atoms with Crippen LogP contribution in [-0.2, 0) is 19.1 Å². The first-order chi connectivity index (χ1) is 20.3. The summed E-state index contributed by atoms with van der Waals surface area (Å²) < 4.78 is 17.9. The zero-order chi connectivity index (χ0) is 30.2. The number of carbonyl (C=O) groups excluding carboxylic acids is 2. The van der Waals surface area contributed by atoms with Crippen molar-refractivity contribution in [3.05, 3.63) is 92.4 Å². The summed E-state index contributed by atoms with van der Waals surface area (Å²) in [5.41, 5.74) is 3.61. The Balaban J connectivity index is 1.91. The third-order valence-electron chi connectivity index (χ3n) is 7.05. The SMILES string of the molecule is CCSCCOC(=O)C1=C(C)NC(C)=C(C(=O)OCCSCC)C1c1cccc2c(=O)c(C)c(-c3ccccc3)oc12. The van der Waals surface area contributed by atoms with E-state index in [0.29, 0.717) is 50.8 Å². The van der Waals surface area contributed by atoms with Crippen LogP contribution < -0.4 is 10.7 Å². The van der Waals surface area contributed by atoms with Crippen LogP contribution in [0.3, 0.4) is 0 Å². The van der Waals surface area contributed by atoms with Crippen molar-refractivity contribution < 1.29 is 23.5 Å². The Labute approximate surface area is 255 Å². The summed E-state index contributed by atoms with van der Waals surface area (Å²) >= 11 is 3.35. The number of allylic oxidation sites excluding steroid dienone is 2. The van der Waals surface area contributed by atoms with E-state index in [1.807, 2.05) is 44.2 Å². The molecule has 1 aliphatic heterocycles. The Bertz CT molecular complexity index is 1530. The molecule has 1 aliphatic rings. The number of nitrogens with one attached hydrogen (secondary N) is 1. The minimum atomic E-state index is -0.873. The molecule has 0 radical (unpaired) electrons. The van der Waals surface area contributed by atoms with Crippen LogP contribution in [0.1, 0.15) is 44.7 Å². The van der Waals surface area contributed by atoms with Crippen molar-refractivity contribution in [3.63, 3.8) is 0 Å². The molecule has 42 heavy (non-hydrogen) atoms. The van der Waals surface area contributed by atoms with Crippen LogP contribution in [0, 0.1) is 6.92 Å². The molecule has 0 aliphatic carbocycles. The minimum Gasteiger partial charge on any atom is -0.461 e. The molecule has 0 spiro atoms. The number of rotatable bonds is 12. The van der Waals surface area contributed by atoms with Gasteiger partial charge >= 0.3 is 11.9 Å². The molecule has 4 rings (SSSR count). The summed E-state index contributed by atoms with van der Waals surface area (Å²) in [5, 5.41) is 3.58. The number of carbonyl (C=O) groups is 2. The summed E-state index contributed by atoms with van der Waals surface area (Å²) in [6, 6.07) is 14.7. The fraction of sp³-hybridized carbons (Fsp3) is 0.364. The topological polar surface area (TPSA) is 94.8 Å². The number of para-hydroxylation sites is 1. The highest BCUT2D eigenvalue weighted by Crippen LogP contribution is 2.42. The van der Waals surface area contributed by atoms with Gasteiger partial charge in [0.15, 0.2) is 5.43 Å². The third-order valence-corrected chi connectivity index (χ3v) is 8.78. The normalized spacial score (nSPS) is 13.8. The molecular formula is C33H37NO6S2. The standard InChI is InChI=1S/C33H37NO6S2/c1-6-41-18-16-38-32(36)26-21(4)34-22(5)27(33(37)39-17-19-42-7-2)28(26)24-14-11-15-25-29(35)20(3)30(40-31(24)25)23-12-9-8-10-13-23/h8-15,28,34H,6-7,16-19H2,1-5H3. The highest BCUT2D eigenvalue weighted by atomic mass is 32.2. The van der Waals surface area contributed by atoms with Crippen molar-refractivity contribution in [1.29, 1.82) is 0 Å². The molecule has 0 saturated heterocycles. The summed E-state index contributed by atoms with van der Waals surface area (Å²) in [5.74, 6) is 1.65. The third kappa shape index (κ3) is 6.79. The van der Waals surface area contributed by atoms with Gasteiger partial charge < -0.3 is 19.2 Å². The number of fused-ring (bicyclic) bond motifs is 1. The molecule has 0 amide bonds. The lowest BCUT2D eigenvalue weighted by Crippen LogP contribution is -2.33. The van der Waals surface area contributed by atoms with E-state index in [9.17, 15) is 14.4 Å². The lowest BCUT2D eigenvalue weighted by Gasteiger charge is -2.31. The molecule has 222 valence electrons. The van der Waals surface area contributed by atoms with E-state index in [2.05, 4.69) is 5.32 Å². The molecule has 2 heterocycles. The Morgan fingerprint density at radius 3 is 1.95 bits per heavy atom. The zero-order valence-electron chi connectivity index (χ0n) is 24.7. The van der Waals surface area contributed by atoms with Crippen molar-refractivity contribution >= 4 is 46.4 Å². The average molecular weight is 608 g/mol. The maximum atomic E-state index is 13.7. The summed E-state index contributed by atoms with van der Waals surface area (Å²) in [6.07, 6.45) is 0. The first-order valence-corrected chi connectivity index (χ1v) is 16.4. The van der Waals surface area contributed by atoms with Gasteiger partial charge in [0, 0.05) is 39.6 Å². The quantitative estimate of drug-likeness (QED) is 0.181. The van der Waals surface area contributed by atoms with Gasteiger partial charge in [-0.2, -0.15) is 23.5 Å². The van der Waals surface area contributed by atoms with Crippen molar-refractivity contribution in [2.45, 2.75) is 40.5 Å². The number of ether oxygens (including phenoxy) is 2. The van der Waals surface area contributed by atoms with Crippen LogP contribution >= 0.6 is 23.5 Å². The monoisotopic (exact) mass is 607 g/mol. The molecule has 0 fully saturated rings. The molecule has 0 atom stereocenters. The lowest BCUT2D eigenvalue weighted by atomic mass is 9.79. The molecule has 3 aromatic rings. The van der Waals surface area contributed by atoms with Gasteiger partial charge in [-0.1, -0.05) is 56.3 Å². The van der Waals surface area contributed by atoms with E-state index < -0.39 is 17.9 Å². The number of benzene rings is 2. The van der Waals surface area contributed by atoms with Crippen LogP contribution in [0.4, 0.5) is 0 Å². The Morgan fingerprint density at radius 2 is 1.40 bits per heavy atom. The van der Waals surface area contributed by atoms with Gasteiger partial charge in [-0.25, -0.2) is 9.59 Å². The van der Waals surface area contributed by atoms with Crippen LogP contribution in [0.15, 0.2) is 80.3 Å². The fourth-order valence-electron chi connectivity index (χ4n) is 5.10. The van der Waals surface area contributed by atoms with Crippen LogP contribution in [0.2, 0.25) is 0 Å². The van der Waals surface area contributed by atoms with E-state index in [0.717, 1.165) is 17.1 Å². The second kappa shape index (κ2) is 14.6. The van der Waals surface area contributed by atoms with Crippen LogP contribution in [-0.4, -0.2) is 48.2 Å². The lowest BCUT2D eigenvalue weighted by molar-refractivity contribution is -0.139. The molecular weight excluding hydrogens is 570 g/mol. The second-order valence-corrected chi connectivity index (χ2v) is 12.6. The maximum absolute atomic E-state index is 13.7. The summed E-state index contributed by atoms with van der Waals surface area (Å²) in [4.78, 5) is 41.0. The largest absolute Gasteiger partial charge is 0.461 e. The number of hydrogen-bond donors (Lipinski definition) is 1. The predicted molar refractivity (Wildman–Crippen MR) is 172 cm³/mol. The van der Waals surface area contributed by atoms with Crippen molar-refractivity contribution in [1.82, 2.24) is 5.32 Å². The molecule has 0 saturated carbocycles. The van der Waals surface area contributed by atoms with E-state index in [4.69, 9.17) is 13.9 Å². The zero-order valence-corrected chi connectivity index (χ0v) is 26.3.